The molecule has 1 aliphatic rings. The Morgan fingerprint density at radius 1 is 1.09 bits per heavy atom. The van der Waals surface area contributed by atoms with Crippen LogP contribution in [0.5, 0.6) is 0 Å². The fourth-order valence-corrected chi connectivity index (χ4v) is 4.58. The third-order valence-corrected chi connectivity index (χ3v) is 5.77. The van der Waals surface area contributed by atoms with Gasteiger partial charge in [-0.25, -0.2) is 0 Å². The molecule has 1 saturated heterocycles. The zero-order valence-electron chi connectivity index (χ0n) is 12.1. The number of amides is 1. The lowest BCUT2D eigenvalue weighted by Gasteiger charge is -2.25. The topological polar surface area (TPSA) is 20.3 Å². The van der Waals surface area contributed by atoms with Crippen molar-refractivity contribution >= 4 is 52.5 Å². The number of thioether (sulfide) groups is 1. The molecule has 23 heavy (non-hydrogen) atoms. The summed E-state index contributed by atoms with van der Waals surface area (Å²) in [6, 6.07) is 12.8. The van der Waals surface area contributed by atoms with E-state index in [1.807, 2.05) is 29.2 Å². The molecular formula is C17H14Cl3NOS. The van der Waals surface area contributed by atoms with E-state index in [0.29, 0.717) is 21.5 Å². The van der Waals surface area contributed by atoms with E-state index in [-0.39, 0.29) is 11.3 Å². The Balaban J connectivity index is 1.78. The predicted molar refractivity (Wildman–Crippen MR) is 98.5 cm³/mol. The van der Waals surface area contributed by atoms with Crippen LogP contribution in [0.3, 0.4) is 0 Å². The summed E-state index contributed by atoms with van der Waals surface area (Å²) in [5, 5.41) is 1.81. The van der Waals surface area contributed by atoms with Crippen LogP contribution in [0.25, 0.3) is 0 Å². The lowest BCUT2D eigenvalue weighted by molar-refractivity contribution is -0.130. The molecule has 0 radical (unpaired) electrons. The van der Waals surface area contributed by atoms with Gasteiger partial charge in [0.05, 0.1) is 6.42 Å². The van der Waals surface area contributed by atoms with Gasteiger partial charge in [0.1, 0.15) is 5.37 Å². The molecule has 0 aromatic heterocycles. The van der Waals surface area contributed by atoms with Gasteiger partial charge in [-0.3, -0.25) is 4.79 Å². The molecule has 1 fully saturated rings. The molecule has 1 amide bonds. The molecule has 0 N–H and O–H groups in total. The van der Waals surface area contributed by atoms with Crippen molar-refractivity contribution in [2.75, 3.05) is 12.3 Å². The first-order valence-electron chi connectivity index (χ1n) is 7.15. The van der Waals surface area contributed by atoms with Crippen LogP contribution in [-0.2, 0) is 11.2 Å². The molecule has 0 bridgehead atoms. The summed E-state index contributed by atoms with van der Waals surface area (Å²) in [4.78, 5) is 14.6. The Kier molecular flexibility index (Phi) is 5.42. The first kappa shape index (κ1) is 17.0. The van der Waals surface area contributed by atoms with Crippen LogP contribution in [-0.4, -0.2) is 23.1 Å². The average molecular weight is 387 g/mol. The van der Waals surface area contributed by atoms with Gasteiger partial charge >= 0.3 is 0 Å². The summed E-state index contributed by atoms with van der Waals surface area (Å²) in [7, 11) is 0. The fraction of sp³-hybridized carbons (Fsp3) is 0.235. The van der Waals surface area contributed by atoms with Crippen molar-refractivity contribution in [2.45, 2.75) is 11.8 Å². The smallest absolute Gasteiger partial charge is 0.228 e. The molecule has 6 heteroatoms. The Hall–Kier alpha value is -0.870. The fourth-order valence-electron chi connectivity index (χ4n) is 2.56. The number of halogens is 3. The number of nitrogens with zero attached hydrogens (tertiary/aromatic N) is 1. The van der Waals surface area contributed by atoms with Crippen LogP contribution >= 0.6 is 46.6 Å². The summed E-state index contributed by atoms with van der Waals surface area (Å²) >= 11 is 19.9. The molecule has 1 unspecified atom stereocenters. The monoisotopic (exact) mass is 385 g/mol. The van der Waals surface area contributed by atoms with Gasteiger partial charge in [-0.1, -0.05) is 53.0 Å². The zero-order chi connectivity index (χ0) is 16.4. The van der Waals surface area contributed by atoms with Crippen molar-refractivity contribution in [3.63, 3.8) is 0 Å². The first-order valence-corrected chi connectivity index (χ1v) is 9.33. The zero-order valence-corrected chi connectivity index (χ0v) is 15.2. The number of benzene rings is 2. The van der Waals surface area contributed by atoms with Crippen LogP contribution < -0.4 is 0 Å². The standard InChI is InChI=1S/C17H14Cl3NOS/c18-12-3-1-11(2-4-12)9-16(22)21-7-8-23-17(21)14-6-5-13(19)10-15(14)20/h1-6,10,17H,7-9H2. The SMILES string of the molecule is O=C(Cc1ccc(Cl)cc1)N1CCSC1c1ccc(Cl)cc1Cl. The summed E-state index contributed by atoms with van der Waals surface area (Å²) in [6.07, 6.45) is 0.361. The van der Waals surface area contributed by atoms with Gasteiger partial charge in [0.25, 0.3) is 0 Å². The van der Waals surface area contributed by atoms with Crippen LogP contribution in [0.15, 0.2) is 42.5 Å². The minimum atomic E-state index is -0.0560. The highest BCUT2D eigenvalue weighted by molar-refractivity contribution is 7.99. The summed E-state index contributed by atoms with van der Waals surface area (Å²) in [6.45, 7) is 0.723. The lowest BCUT2D eigenvalue weighted by Crippen LogP contribution is -2.31. The number of hydrogen-bond donors (Lipinski definition) is 0. The molecule has 0 aliphatic carbocycles. The second kappa shape index (κ2) is 7.35. The van der Waals surface area contributed by atoms with E-state index in [2.05, 4.69) is 0 Å². The van der Waals surface area contributed by atoms with Gasteiger partial charge in [0, 0.05) is 32.9 Å². The molecule has 1 atom stereocenters. The normalized spacial score (nSPS) is 17.5. The molecular weight excluding hydrogens is 373 g/mol. The molecule has 0 spiro atoms. The second-order valence-corrected chi connectivity index (χ2v) is 7.75. The summed E-state index contributed by atoms with van der Waals surface area (Å²) < 4.78 is 0. The van der Waals surface area contributed by atoms with Gasteiger partial charge < -0.3 is 4.90 Å². The number of carbonyl (C=O) groups excluding carboxylic acids is 1. The minimum absolute atomic E-state index is 0.0560. The van der Waals surface area contributed by atoms with Crippen LogP contribution in [0, 0.1) is 0 Å². The van der Waals surface area contributed by atoms with Gasteiger partial charge in [0.15, 0.2) is 0 Å². The Bertz CT molecular complexity index is 720. The van der Waals surface area contributed by atoms with Crippen molar-refractivity contribution < 1.29 is 4.79 Å². The molecule has 2 aromatic rings. The van der Waals surface area contributed by atoms with E-state index in [0.717, 1.165) is 23.4 Å². The van der Waals surface area contributed by atoms with Crippen molar-refractivity contribution in [1.29, 1.82) is 0 Å². The molecule has 3 rings (SSSR count). The van der Waals surface area contributed by atoms with E-state index >= 15 is 0 Å². The van der Waals surface area contributed by atoms with E-state index in [4.69, 9.17) is 34.8 Å². The van der Waals surface area contributed by atoms with Gasteiger partial charge in [-0.05, 0) is 29.8 Å². The van der Waals surface area contributed by atoms with Crippen LogP contribution in [0.4, 0.5) is 0 Å². The molecule has 1 aliphatic heterocycles. The Morgan fingerprint density at radius 2 is 1.78 bits per heavy atom. The van der Waals surface area contributed by atoms with Crippen molar-refractivity contribution in [3.8, 4) is 0 Å². The largest absolute Gasteiger partial charge is 0.325 e. The Labute approximate surface area is 154 Å². The van der Waals surface area contributed by atoms with E-state index in [1.54, 1.807) is 30.0 Å². The third kappa shape index (κ3) is 3.97. The molecule has 2 nitrogen and oxygen atoms in total. The van der Waals surface area contributed by atoms with Crippen molar-refractivity contribution in [2.24, 2.45) is 0 Å². The maximum Gasteiger partial charge on any atom is 0.228 e. The number of hydrogen-bond acceptors (Lipinski definition) is 2. The maximum atomic E-state index is 12.7. The highest BCUT2D eigenvalue weighted by Crippen LogP contribution is 2.41. The molecule has 2 aromatic carbocycles. The van der Waals surface area contributed by atoms with Crippen molar-refractivity contribution in [1.82, 2.24) is 4.90 Å². The van der Waals surface area contributed by atoms with Gasteiger partial charge in [-0.2, -0.15) is 0 Å². The Morgan fingerprint density at radius 3 is 2.48 bits per heavy atom. The van der Waals surface area contributed by atoms with Gasteiger partial charge in [0.2, 0.25) is 5.91 Å². The molecule has 0 saturated carbocycles. The minimum Gasteiger partial charge on any atom is -0.325 e. The van der Waals surface area contributed by atoms with E-state index in [9.17, 15) is 4.79 Å². The number of rotatable bonds is 3. The molecule has 1 heterocycles. The predicted octanol–water partition coefficient (Wildman–Crippen LogP) is 5.46. The van der Waals surface area contributed by atoms with Crippen LogP contribution in [0.2, 0.25) is 15.1 Å². The lowest BCUT2D eigenvalue weighted by atomic mass is 10.1. The highest BCUT2D eigenvalue weighted by Gasteiger charge is 2.31. The van der Waals surface area contributed by atoms with E-state index in [1.165, 1.54) is 0 Å². The molecule has 120 valence electrons. The van der Waals surface area contributed by atoms with Gasteiger partial charge in [-0.15, -0.1) is 11.8 Å². The van der Waals surface area contributed by atoms with Crippen LogP contribution in [0.1, 0.15) is 16.5 Å². The van der Waals surface area contributed by atoms with Crippen molar-refractivity contribution in [3.05, 3.63) is 68.7 Å². The first-order chi connectivity index (χ1) is 11.0. The second-order valence-electron chi connectivity index (χ2n) is 5.28. The number of carbonyl (C=O) groups is 1. The highest BCUT2D eigenvalue weighted by atomic mass is 35.5. The maximum absolute atomic E-state index is 12.7. The van der Waals surface area contributed by atoms with E-state index < -0.39 is 0 Å². The average Bonchev–Trinajstić information content (AvgIpc) is 2.99. The summed E-state index contributed by atoms with van der Waals surface area (Å²) in [5.41, 5.74) is 1.89. The quantitative estimate of drug-likeness (QED) is 0.697. The summed E-state index contributed by atoms with van der Waals surface area (Å²) in [5.74, 6) is 0.990. The third-order valence-electron chi connectivity index (χ3n) is 3.71.